The number of rotatable bonds is 3. The molecule has 1 aromatic heterocycles. The third kappa shape index (κ3) is 5.24. The molecule has 30 heavy (non-hydrogen) atoms. The maximum Gasteiger partial charge on any atom is 0.490 e. The van der Waals surface area contributed by atoms with Gasteiger partial charge >= 0.3 is 12.1 Å². The Hall–Kier alpha value is -2.30. The number of likely N-dealkylation sites (tertiary alicyclic amines) is 1. The zero-order chi connectivity index (χ0) is 21.9. The van der Waals surface area contributed by atoms with E-state index in [1.807, 2.05) is 16.7 Å². The van der Waals surface area contributed by atoms with E-state index in [4.69, 9.17) is 14.6 Å². The standard InChI is InChI=1S/C17H19FN2O2S.C2HF3O2/c18-14-6-3-7-19-15(14)22-13-8-17(23-9-13)10-20(11-17)16(21)12-4-1-2-5-12;3-2(4,5)1(6)7/h3-4,6-7,13H,1-2,5,8-11H2;(H,6,7). The van der Waals surface area contributed by atoms with Gasteiger partial charge in [0.25, 0.3) is 5.88 Å². The van der Waals surface area contributed by atoms with Crippen molar-refractivity contribution in [3.8, 4) is 5.88 Å². The Morgan fingerprint density at radius 1 is 1.33 bits per heavy atom. The molecule has 164 valence electrons. The zero-order valence-corrected chi connectivity index (χ0v) is 16.6. The number of carbonyl (C=O) groups is 2. The number of hydrogen-bond donors (Lipinski definition) is 1. The van der Waals surface area contributed by atoms with Crippen molar-refractivity contribution >= 4 is 23.6 Å². The number of carboxylic acid groups (broad SMARTS) is 1. The summed E-state index contributed by atoms with van der Waals surface area (Å²) in [4.78, 5) is 27.1. The van der Waals surface area contributed by atoms with Crippen LogP contribution in [0.5, 0.6) is 5.88 Å². The first-order valence-corrected chi connectivity index (χ1v) is 10.3. The molecule has 3 aliphatic rings. The van der Waals surface area contributed by atoms with Gasteiger partial charge in [0, 0.05) is 37.0 Å². The van der Waals surface area contributed by atoms with E-state index < -0.39 is 18.0 Å². The number of alkyl halides is 3. The van der Waals surface area contributed by atoms with Crippen LogP contribution in [0.3, 0.4) is 0 Å². The molecule has 4 rings (SSSR count). The molecule has 1 amide bonds. The fourth-order valence-electron chi connectivity index (χ4n) is 3.58. The number of thioether (sulfide) groups is 1. The largest absolute Gasteiger partial charge is 0.490 e. The minimum atomic E-state index is -5.08. The van der Waals surface area contributed by atoms with Gasteiger partial charge in [-0.25, -0.2) is 14.2 Å². The van der Waals surface area contributed by atoms with Crippen LogP contribution >= 0.6 is 11.8 Å². The van der Waals surface area contributed by atoms with Crippen LogP contribution in [0, 0.1) is 5.82 Å². The van der Waals surface area contributed by atoms with Gasteiger partial charge in [0.15, 0.2) is 5.82 Å². The lowest BCUT2D eigenvalue weighted by Gasteiger charge is -2.47. The molecule has 0 radical (unpaired) electrons. The Bertz CT molecular complexity index is 840. The van der Waals surface area contributed by atoms with Crippen molar-refractivity contribution in [1.82, 2.24) is 9.88 Å². The normalized spacial score (nSPS) is 22.1. The van der Waals surface area contributed by atoms with E-state index in [0.29, 0.717) is 0 Å². The average Bonchev–Trinajstić information content (AvgIpc) is 3.32. The minimum Gasteiger partial charge on any atom is -0.475 e. The Balaban J connectivity index is 0.000000318. The lowest BCUT2D eigenvalue weighted by Crippen LogP contribution is -2.61. The Morgan fingerprint density at radius 2 is 2.03 bits per heavy atom. The van der Waals surface area contributed by atoms with E-state index in [-0.39, 0.29) is 22.6 Å². The number of allylic oxidation sites excluding steroid dienone is 1. The number of carboxylic acids is 1. The number of amides is 1. The van der Waals surface area contributed by atoms with Gasteiger partial charge in [-0.3, -0.25) is 4.79 Å². The summed E-state index contributed by atoms with van der Waals surface area (Å²) in [7, 11) is 0. The van der Waals surface area contributed by atoms with Gasteiger partial charge in [0.2, 0.25) is 5.91 Å². The van der Waals surface area contributed by atoms with Gasteiger partial charge in [-0.15, -0.1) is 11.8 Å². The first kappa shape index (κ1) is 22.4. The highest BCUT2D eigenvalue weighted by atomic mass is 32.2. The van der Waals surface area contributed by atoms with Crippen molar-refractivity contribution in [3.63, 3.8) is 0 Å². The maximum absolute atomic E-state index is 13.6. The zero-order valence-electron chi connectivity index (χ0n) is 15.8. The molecule has 2 aliphatic heterocycles. The number of halogens is 4. The van der Waals surface area contributed by atoms with Crippen LogP contribution in [0.25, 0.3) is 0 Å². The van der Waals surface area contributed by atoms with E-state index in [2.05, 4.69) is 11.1 Å². The molecule has 0 aromatic carbocycles. The van der Waals surface area contributed by atoms with Crippen molar-refractivity contribution in [2.24, 2.45) is 0 Å². The summed E-state index contributed by atoms with van der Waals surface area (Å²) in [6.45, 7) is 1.55. The van der Waals surface area contributed by atoms with Crippen molar-refractivity contribution in [2.75, 3.05) is 18.8 Å². The number of aliphatic carboxylic acids is 1. The average molecular weight is 448 g/mol. The minimum absolute atomic E-state index is 0.0349. The second-order valence-electron chi connectivity index (χ2n) is 7.31. The first-order chi connectivity index (χ1) is 14.1. The summed E-state index contributed by atoms with van der Waals surface area (Å²) >= 11 is 1.84. The number of hydrogen-bond acceptors (Lipinski definition) is 5. The molecular formula is C19H20F4N2O4S. The van der Waals surface area contributed by atoms with Crippen molar-refractivity contribution in [2.45, 2.75) is 42.7 Å². The summed E-state index contributed by atoms with van der Waals surface area (Å²) in [5.74, 6) is -2.07. The number of ether oxygens (including phenoxy) is 1. The monoisotopic (exact) mass is 448 g/mol. The molecule has 6 nitrogen and oxygen atoms in total. The molecule has 1 N–H and O–H groups in total. The van der Waals surface area contributed by atoms with Crippen LogP contribution < -0.4 is 4.74 Å². The molecule has 1 aliphatic carbocycles. The van der Waals surface area contributed by atoms with Gasteiger partial charge < -0.3 is 14.7 Å². The number of pyridine rings is 1. The summed E-state index contributed by atoms with van der Waals surface area (Å²) < 4.78 is 51.2. The Morgan fingerprint density at radius 3 is 2.60 bits per heavy atom. The maximum atomic E-state index is 13.6. The summed E-state index contributed by atoms with van der Waals surface area (Å²) in [5, 5.41) is 7.12. The predicted octanol–water partition coefficient (Wildman–Crippen LogP) is 3.43. The first-order valence-electron chi connectivity index (χ1n) is 9.29. The molecule has 11 heteroatoms. The quantitative estimate of drug-likeness (QED) is 0.714. The fourth-order valence-corrected chi connectivity index (χ4v) is 5.10. The van der Waals surface area contributed by atoms with E-state index in [0.717, 1.165) is 50.1 Å². The van der Waals surface area contributed by atoms with Gasteiger partial charge in [0.1, 0.15) is 6.10 Å². The van der Waals surface area contributed by atoms with Crippen LogP contribution in [-0.2, 0) is 9.59 Å². The molecule has 2 fully saturated rings. The Kier molecular flexibility index (Phi) is 6.59. The van der Waals surface area contributed by atoms with Crippen LogP contribution in [-0.4, -0.2) is 62.7 Å². The van der Waals surface area contributed by atoms with Gasteiger partial charge in [-0.05, 0) is 31.4 Å². The molecule has 0 bridgehead atoms. The molecule has 1 atom stereocenters. The second kappa shape index (κ2) is 8.83. The molecule has 1 unspecified atom stereocenters. The van der Waals surface area contributed by atoms with E-state index in [9.17, 15) is 22.4 Å². The third-order valence-corrected chi connectivity index (χ3v) is 6.56. The van der Waals surface area contributed by atoms with Crippen LogP contribution in [0.15, 0.2) is 30.0 Å². The van der Waals surface area contributed by atoms with Crippen molar-refractivity contribution in [3.05, 3.63) is 35.8 Å². The van der Waals surface area contributed by atoms with E-state index in [1.54, 1.807) is 6.07 Å². The molecule has 1 aromatic rings. The lowest BCUT2D eigenvalue weighted by atomic mass is 9.92. The lowest BCUT2D eigenvalue weighted by molar-refractivity contribution is -0.192. The highest BCUT2D eigenvalue weighted by Crippen LogP contribution is 2.46. The van der Waals surface area contributed by atoms with Gasteiger partial charge in [-0.1, -0.05) is 6.08 Å². The summed E-state index contributed by atoms with van der Waals surface area (Å²) in [6, 6.07) is 2.92. The van der Waals surface area contributed by atoms with Crippen LogP contribution in [0.2, 0.25) is 0 Å². The smallest absolute Gasteiger partial charge is 0.475 e. The fraction of sp³-hybridized carbons (Fsp3) is 0.526. The van der Waals surface area contributed by atoms with E-state index in [1.165, 1.54) is 12.3 Å². The highest BCUT2D eigenvalue weighted by Gasteiger charge is 2.51. The molecule has 2 saturated heterocycles. The van der Waals surface area contributed by atoms with Gasteiger partial charge in [-0.2, -0.15) is 13.2 Å². The second-order valence-corrected chi connectivity index (χ2v) is 8.80. The summed E-state index contributed by atoms with van der Waals surface area (Å²) in [5.41, 5.74) is 0.978. The third-order valence-electron chi connectivity index (χ3n) is 4.98. The SMILES string of the molecule is O=C(C1=CCCC1)N1CC2(CC(Oc3ncccc3F)CS2)C1.O=C(O)C(F)(F)F. The molecule has 1 spiro atoms. The highest BCUT2D eigenvalue weighted by molar-refractivity contribution is 8.01. The molecule has 0 saturated carbocycles. The van der Waals surface area contributed by atoms with Crippen molar-refractivity contribution < 1.29 is 37.0 Å². The number of carbonyl (C=O) groups excluding carboxylic acids is 1. The Labute approximate surface area is 174 Å². The predicted molar refractivity (Wildman–Crippen MR) is 101 cm³/mol. The van der Waals surface area contributed by atoms with Gasteiger partial charge in [0.05, 0.1) is 4.75 Å². The topological polar surface area (TPSA) is 79.7 Å². The van der Waals surface area contributed by atoms with Crippen molar-refractivity contribution in [1.29, 1.82) is 0 Å². The number of aromatic nitrogens is 1. The number of nitrogens with zero attached hydrogens (tertiary/aromatic N) is 2. The molecule has 3 heterocycles. The van der Waals surface area contributed by atoms with Crippen LogP contribution in [0.4, 0.5) is 17.6 Å². The summed E-state index contributed by atoms with van der Waals surface area (Å²) in [6.07, 6.45) is 2.38. The van der Waals surface area contributed by atoms with E-state index >= 15 is 0 Å². The van der Waals surface area contributed by atoms with Crippen LogP contribution in [0.1, 0.15) is 25.7 Å². The molecular weight excluding hydrogens is 428 g/mol.